The topological polar surface area (TPSA) is 0 Å². The molecule has 0 saturated heterocycles. The summed E-state index contributed by atoms with van der Waals surface area (Å²) in [6.07, 6.45) is 45.5. The van der Waals surface area contributed by atoms with Gasteiger partial charge in [-0.2, -0.15) is 0 Å². The molecule has 0 nitrogen and oxygen atoms in total. The fourth-order valence-electron chi connectivity index (χ4n) is 2.07. The van der Waals surface area contributed by atoms with E-state index >= 15 is 0 Å². The lowest BCUT2D eigenvalue weighted by molar-refractivity contribution is 0.637. The van der Waals surface area contributed by atoms with E-state index in [1.54, 1.807) is 6.08 Å². The van der Waals surface area contributed by atoms with Crippen LogP contribution in [0.4, 0.5) is 0 Å². The molecular formula is C27H35. The average Bonchev–Trinajstić information content (AvgIpc) is 2.68. The van der Waals surface area contributed by atoms with E-state index in [1.807, 2.05) is 79.0 Å². The summed E-state index contributed by atoms with van der Waals surface area (Å²) in [4.78, 5) is 0. The van der Waals surface area contributed by atoms with Crippen LogP contribution in [0, 0.1) is 6.58 Å². The van der Waals surface area contributed by atoms with E-state index < -0.39 is 0 Å². The van der Waals surface area contributed by atoms with Gasteiger partial charge in [0.1, 0.15) is 0 Å². The summed E-state index contributed by atoms with van der Waals surface area (Å²) in [6.45, 7) is 7.48. The smallest absolute Gasteiger partial charge is 0.0348 e. The molecule has 0 rings (SSSR count). The highest BCUT2D eigenvalue weighted by atomic mass is 13.9. The minimum absolute atomic E-state index is 1.19. The van der Waals surface area contributed by atoms with Gasteiger partial charge in [0.2, 0.25) is 0 Å². The molecule has 0 amide bonds. The fourth-order valence-corrected chi connectivity index (χ4v) is 2.07. The highest BCUT2D eigenvalue weighted by molar-refractivity contribution is 5.22. The maximum atomic E-state index is 5.22. The predicted octanol–water partition coefficient (Wildman–Crippen LogP) is 8.34. The van der Waals surface area contributed by atoms with E-state index in [0.29, 0.717) is 0 Å². The van der Waals surface area contributed by atoms with Gasteiger partial charge in [0.15, 0.2) is 0 Å². The monoisotopic (exact) mass is 359 g/mol. The highest BCUT2D eigenvalue weighted by Gasteiger charge is 1.85. The van der Waals surface area contributed by atoms with Gasteiger partial charge < -0.3 is 0 Å². The Balaban J connectivity index is 3.76. The van der Waals surface area contributed by atoms with E-state index in [1.165, 1.54) is 44.6 Å². The molecule has 0 bridgehead atoms. The molecule has 0 fully saturated rings. The van der Waals surface area contributed by atoms with Crippen LogP contribution < -0.4 is 0 Å². The maximum absolute atomic E-state index is 5.22. The number of rotatable bonds is 15. The van der Waals surface area contributed by atoms with Gasteiger partial charge >= 0.3 is 0 Å². The molecule has 0 aliphatic heterocycles. The molecule has 143 valence electrons. The molecule has 0 spiro atoms. The Kier molecular flexibility index (Phi) is 21.1. The standard InChI is InChI=1S/C27H35/c1-3-5-7-9-11-13-15-17-19-21-23-25-27-26-24-22-20-18-16-14-12-10-8-6-4-2/h1,3,5,7,9,11,13,15-27H,4,6,8,10,12,14H2,2H3/b3-1?,7-5+,11-9+,15-13+,18-16+,19-17+,22-20+,23-21+,26-24+,27-25+. The Labute approximate surface area is 167 Å². The minimum Gasteiger partial charge on any atom is -0.0845 e. The van der Waals surface area contributed by atoms with Crippen molar-refractivity contribution in [3.8, 4) is 0 Å². The molecule has 0 heterocycles. The third kappa shape index (κ3) is 23.4. The Hall–Kier alpha value is -2.60. The fraction of sp³-hybridized carbons (Fsp3) is 0.259. The molecule has 0 aromatic rings. The maximum Gasteiger partial charge on any atom is -0.0348 e. The summed E-state index contributed by atoms with van der Waals surface area (Å²) in [5.41, 5.74) is 0. The molecule has 27 heavy (non-hydrogen) atoms. The van der Waals surface area contributed by atoms with Crippen LogP contribution in [0.2, 0.25) is 0 Å². The molecular weight excluding hydrogens is 324 g/mol. The van der Waals surface area contributed by atoms with E-state index in [2.05, 4.69) is 31.2 Å². The summed E-state index contributed by atoms with van der Waals surface area (Å²) in [5, 5.41) is 0. The largest absolute Gasteiger partial charge is 0.0845 e. The molecule has 0 unspecified atom stereocenters. The predicted molar refractivity (Wildman–Crippen MR) is 125 cm³/mol. The molecule has 0 aromatic carbocycles. The van der Waals surface area contributed by atoms with Crippen LogP contribution in [0.3, 0.4) is 0 Å². The highest BCUT2D eigenvalue weighted by Crippen LogP contribution is 2.05. The third-order valence-electron chi connectivity index (χ3n) is 3.50. The number of allylic oxidation sites excluding steroid dienone is 19. The summed E-state index contributed by atoms with van der Waals surface area (Å²) >= 11 is 0. The number of hydrogen-bond acceptors (Lipinski definition) is 0. The van der Waals surface area contributed by atoms with Gasteiger partial charge in [0.25, 0.3) is 0 Å². The van der Waals surface area contributed by atoms with Crippen LogP contribution in [0.1, 0.15) is 45.4 Å². The third-order valence-corrected chi connectivity index (χ3v) is 3.50. The van der Waals surface area contributed by atoms with Crippen LogP contribution >= 0.6 is 0 Å². The molecule has 0 saturated carbocycles. The van der Waals surface area contributed by atoms with E-state index in [4.69, 9.17) is 6.58 Å². The van der Waals surface area contributed by atoms with Gasteiger partial charge in [0.05, 0.1) is 0 Å². The van der Waals surface area contributed by atoms with Gasteiger partial charge in [-0.15, -0.1) is 0 Å². The Morgan fingerprint density at radius 1 is 0.444 bits per heavy atom. The summed E-state index contributed by atoms with van der Waals surface area (Å²) in [5.74, 6) is 0. The van der Waals surface area contributed by atoms with Gasteiger partial charge in [-0.3, -0.25) is 0 Å². The first-order valence-corrected chi connectivity index (χ1v) is 9.95. The van der Waals surface area contributed by atoms with Crippen molar-refractivity contribution in [2.24, 2.45) is 0 Å². The molecule has 1 radical (unpaired) electrons. The lowest BCUT2D eigenvalue weighted by Crippen LogP contribution is -1.75. The van der Waals surface area contributed by atoms with Gasteiger partial charge in [0, 0.05) is 0 Å². The summed E-state index contributed by atoms with van der Waals surface area (Å²) in [6, 6.07) is 0. The normalized spacial score (nSPS) is 13.8. The first-order chi connectivity index (χ1) is 13.4. The first kappa shape index (κ1) is 24.4. The molecule has 0 N–H and O–H groups in total. The Morgan fingerprint density at radius 2 is 0.815 bits per heavy atom. The minimum atomic E-state index is 1.19. The SMILES string of the molecule is [CH]=C/C=C/C=C/C=C/C=C/C=C/C=C/C=C/C=C/C=C/CCCCCCC. The second kappa shape index (κ2) is 23.4. The molecule has 0 heteroatoms. The van der Waals surface area contributed by atoms with Crippen LogP contribution in [0.5, 0.6) is 0 Å². The van der Waals surface area contributed by atoms with Crippen LogP contribution in [0.15, 0.2) is 115 Å². The van der Waals surface area contributed by atoms with Crippen molar-refractivity contribution in [2.45, 2.75) is 45.4 Å². The molecule has 0 aromatic heterocycles. The van der Waals surface area contributed by atoms with Crippen molar-refractivity contribution >= 4 is 0 Å². The molecule has 0 aliphatic rings. The number of hydrogen-bond donors (Lipinski definition) is 0. The zero-order valence-corrected chi connectivity index (χ0v) is 16.8. The lowest BCUT2D eigenvalue weighted by Gasteiger charge is -1.95. The van der Waals surface area contributed by atoms with Crippen LogP contribution in [-0.4, -0.2) is 0 Å². The van der Waals surface area contributed by atoms with Crippen molar-refractivity contribution in [3.63, 3.8) is 0 Å². The second-order valence-electron chi connectivity index (χ2n) is 5.90. The average molecular weight is 360 g/mol. The van der Waals surface area contributed by atoms with Gasteiger partial charge in [-0.1, -0.05) is 155 Å². The van der Waals surface area contributed by atoms with E-state index in [9.17, 15) is 0 Å². The quantitative estimate of drug-likeness (QED) is 0.203. The van der Waals surface area contributed by atoms with Gasteiger partial charge in [-0.25, -0.2) is 0 Å². The zero-order chi connectivity index (χ0) is 19.7. The van der Waals surface area contributed by atoms with Crippen molar-refractivity contribution in [1.29, 1.82) is 0 Å². The first-order valence-electron chi connectivity index (χ1n) is 9.95. The molecule has 0 aliphatic carbocycles. The number of unbranched alkanes of at least 4 members (excludes halogenated alkanes) is 5. The van der Waals surface area contributed by atoms with Crippen LogP contribution in [0.25, 0.3) is 0 Å². The van der Waals surface area contributed by atoms with Crippen molar-refractivity contribution in [1.82, 2.24) is 0 Å². The van der Waals surface area contributed by atoms with E-state index in [0.717, 1.165) is 0 Å². The zero-order valence-electron chi connectivity index (χ0n) is 16.8. The Bertz CT molecular complexity index is 584. The second-order valence-corrected chi connectivity index (χ2v) is 5.90. The molecule has 0 atom stereocenters. The van der Waals surface area contributed by atoms with E-state index in [-0.39, 0.29) is 0 Å². The summed E-state index contributed by atoms with van der Waals surface area (Å²) < 4.78 is 0. The van der Waals surface area contributed by atoms with Crippen molar-refractivity contribution in [3.05, 3.63) is 122 Å². The van der Waals surface area contributed by atoms with Crippen molar-refractivity contribution < 1.29 is 0 Å². The summed E-state index contributed by atoms with van der Waals surface area (Å²) in [7, 11) is 0. The van der Waals surface area contributed by atoms with Crippen LogP contribution in [-0.2, 0) is 0 Å². The Morgan fingerprint density at radius 3 is 1.22 bits per heavy atom. The van der Waals surface area contributed by atoms with Gasteiger partial charge in [-0.05, 0) is 12.8 Å². The lowest BCUT2D eigenvalue weighted by atomic mass is 10.1. The van der Waals surface area contributed by atoms with Crippen molar-refractivity contribution in [2.75, 3.05) is 0 Å².